The van der Waals surface area contributed by atoms with Crippen LogP contribution in [0, 0.1) is 0 Å². The van der Waals surface area contributed by atoms with Gasteiger partial charge in [-0.2, -0.15) is 0 Å². The highest BCUT2D eigenvalue weighted by Gasteiger charge is 2.55. The maximum absolute atomic E-state index is 2.51. The van der Waals surface area contributed by atoms with Gasteiger partial charge in [-0.25, -0.2) is 0 Å². The molecule has 0 amide bonds. The van der Waals surface area contributed by atoms with Crippen LogP contribution in [0.3, 0.4) is 0 Å². The summed E-state index contributed by atoms with van der Waals surface area (Å²) in [5.41, 5.74) is 6.90. The third-order valence-corrected chi connectivity index (χ3v) is 8.28. The van der Waals surface area contributed by atoms with Crippen molar-refractivity contribution in [3.05, 3.63) is 96.7 Å². The van der Waals surface area contributed by atoms with Gasteiger partial charge in [-0.05, 0) is 57.6 Å². The smallest absolute Gasteiger partial charge is 0.226 e. The fourth-order valence-electron chi connectivity index (χ4n) is 6.49. The summed E-state index contributed by atoms with van der Waals surface area (Å²) in [4.78, 5) is 4.95. The van der Waals surface area contributed by atoms with Crippen molar-refractivity contribution in [3.63, 3.8) is 0 Å². The Morgan fingerprint density at radius 1 is 0.750 bits per heavy atom. The molecule has 0 fully saturated rings. The van der Waals surface area contributed by atoms with Gasteiger partial charge < -0.3 is 9.80 Å². The highest BCUT2D eigenvalue weighted by Crippen LogP contribution is 2.50. The topological polar surface area (TPSA) is 6.48 Å². The third-order valence-electron chi connectivity index (χ3n) is 8.28. The molecule has 3 aliphatic rings. The van der Waals surface area contributed by atoms with Crippen LogP contribution in [-0.4, -0.2) is 26.3 Å². The predicted molar refractivity (Wildman–Crippen MR) is 139 cm³/mol. The molecule has 0 bridgehead atoms. The van der Waals surface area contributed by atoms with Crippen LogP contribution in [-0.2, 0) is 0 Å². The van der Waals surface area contributed by atoms with Crippen molar-refractivity contribution >= 4 is 50.6 Å². The van der Waals surface area contributed by atoms with E-state index in [1.165, 1.54) is 49.5 Å². The molecule has 0 radical (unpaired) electrons. The second-order valence-corrected chi connectivity index (χ2v) is 9.77. The minimum absolute atomic E-state index is 0.0815. The Morgan fingerprint density at radius 2 is 1.28 bits per heavy atom. The van der Waals surface area contributed by atoms with Crippen LogP contribution >= 0.6 is 0 Å². The van der Waals surface area contributed by atoms with E-state index in [4.69, 9.17) is 0 Å². The summed E-state index contributed by atoms with van der Waals surface area (Å²) in [6.07, 6.45) is 7.00. The van der Waals surface area contributed by atoms with Gasteiger partial charge in [-0.3, -0.25) is 0 Å². The number of anilines is 2. The standard InChI is InChI=1S/C29H25BN2/c1-29-14-8-13-25-28(29)30(23-15-19-9-4-6-11-21(19)17-26(23)31(25)2)24-16-20-10-5-7-12-22(20)18-27(24)32(29)3/h4-18,28H,1-3H3. The first kappa shape index (κ1) is 18.1. The molecule has 4 aromatic rings. The summed E-state index contributed by atoms with van der Waals surface area (Å²) in [6, 6.07) is 27.2. The molecule has 4 aromatic carbocycles. The summed E-state index contributed by atoms with van der Waals surface area (Å²) in [7, 11) is 4.51. The lowest BCUT2D eigenvalue weighted by Crippen LogP contribution is -2.68. The van der Waals surface area contributed by atoms with Gasteiger partial charge in [-0.15, -0.1) is 0 Å². The zero-order valence-electron chi connectivity index (χ0n) is 18.7. The van der Waals surface area contributed by atoms with Gasteiger partial charge in [-0.1, -0.05) is 72.8 Å². The number of fused-ring (bicyclic) bond motifs is 6. The van der Waals surface area contributed by atoms with Crippen LogP contribution in [0.25, 0.3) is 21.5 Å². The lowest BCUT2D eigenvalue weighted by atomic mass is 9.26. The fraction of sp³-hybridized carbons (Fsp3) is 0.172. The summed E-state index contributed by atoms with van der Waals surface area (Å²) in [5, 5.41) is 5.25. The first-order chi connectivity index (χ1) is 15.6. The number of rotatable bonds is 0. The van der Waals surface area contributed by atoms with Gasteiger partial charge in [0.1, 0.15) is 0 Å². The molecule has 2 heterocycles. The third kappa shape index (κ3) is 2.16. The minimum atomic E-state index is -0.0815. The Morgan fingerprint density at radius 3 is 1.91 bits per heavy atom. The minimum Gasteiger partial charge on any atom is -0.366 e. The highest BCUT2D eigenvalue weighted by atomic mass is 15.2. The Labute approximate surface area is 189 Å². The average molecular weight is 412 g/mol. The molecule has 2 unspecified atom stereocenters. The lowest BCUT2D eigenvalue weighted by Gasteiger charge is -2.57. The number of hydrogen-bond acceptors (Lipinski definition) is 2. The van der Waals surface area contributed by atoms with E-state index in [0.29, 0.717) is 12.5 Å². The van der Waals surface area contributed by atoms with Crippen LogP contribution in [0.4, 0.5) is 11.4 Å². The summed E-state index contributed by atoms with van der Waals surface area (Å²) < 4.78 is 0. The molecule has 0 N–H and O–H groups in total. The Balaban J connectivity index is 1.61. The van der Waals surface area contributed by atoms with Gasteiger partial charge in [0.25, 0.3) is 0 Å². The first-order valence-corrected chi connectivity index (χ1v) is 11.5. The predicted octanol–water partition coefficient (Wildman–Crippen LogP) is 5.08. The number of hydrogen-bond donors (Lipinski definition) is 0. The van der Waals surface area contributed by atoms with Gasteiger partial charge >= 0.3 is 0 Å². The molecule has 0 spiro atoms. The van der Waals surface area contributed by atoms with E-state index in [-0.39, 0.29) is 5.54 Å². The second kappa shape index (κ2) is 6.07. The molecule has 0 aromatic heterocycles. The first-order valence-electron chi connectivity index (χ1n) is 11.5. The summed E-state index contributed by atoms with van der Waals surface area (Å²) >= 11 is 0. The molecule has 2 atom stereocenters. The van der Waals surface area contributed by atoms with Crippen LogP contribution in [0.2, 0.25) is 5.82 Å². The van der Waals surface area contributed by atoms with Crippen molar-refractivity contribution in [2.24, 2.45) is 0 Å². The van der Waals surface area contributed by atoms with Crippen molar-refractivity contribution in [2.75, 3.05) is 23.9 Å². The largest absolute Gasteiger partial charge is 0.366 e. The van der Waals surface area contributed by atoms with Crippen LogP contribution in [0.5, 0.6) is 0 Å². The number of benzene rings is 4. The molecule has 3 heteroatoms. The van der Waals surface area contributed by atoms with Gasteiger partial charge in [0.05, 0.1) is 5.54 Å². The van der Waals surface area contributed by atoms with E-state index in [1.807, 2.05) is 0 Å². The van der Waals surface area contributed by atoms with E-state index < -0.39 is 0 Å². The highest BCUT2D eigenvalue weighted by molar-refractivity contribution is 6.90. The molecule has 0 saturated heterocycles. The van der Waals surface area contributed by atoms with Gasteiger partial charge in [0.2, 0.25) is 6.71 Å². The molecule has 7 rings (SSSR count). The van der Waals surface area contributed by atoms with Gasteiger partial charge in [0.15, 0.2) is 0 Å². The molecule has 2 aliphatic heterocycles. The van der Waals surface area contributed by atoms with Crippen molar-refractivity contribution < 1.29 is 0 Å². The number of nitrogens with zero attached hydrogens (tertiary/aromatic N) is 2. The summed E-state index contributed by atoms with van der Waals surface area (Å²) in [6.45, 7) is 2.73. The fourth-order valence-corrected chi connectivity index (χ4v) is 6.49. The molecule has 0 saturated carbocycles. The van der Waals surface area contributed by atoms with E-state index >= 15 is 0 Å². The molecule has 32 heavy (non-hydrogen) atoms. The summed E-state index contributed by atoms with van der Waals surface area (Å²) in [5.74, 6) is 0.366. The van der Waals surface area contributed by atoms with Crippen LogP contribution in [0.15, 0.2) is 96.7 Å². The normalized spacial score (nSPS) is 23.2. The zero-order valence-corrected chi connectivity index (χ0v) is 18.7. The average Bonchev–Trinajstić information content (AvgIpc) is 2.82. The van der Waals surface area contributed by atoms with Crippen molar-refractivity contribution in [2.45, 2.75) is 18.3 Å². The van der Waals surface area contributed by atoms with Crippen molar-refractivity contribution in [1.29, 1.82) is 0 Å². The number of allylic oxidation sites excluding steroid dienone is 2. The SMILES string of the molecule is CN1C2=CC=CC3(C)C2B(c2cc4ccccc4cc21)c1cc2ccccc2cc1N3C. The van der Waals surface area contributed by atoms with Crippen LogP contribution < -0.4 is 20.7 Å². The van der Waals surface area contributed by atoms with Crippen molar-refractivity contribution in [3.8, 4) is 0 Å². The van der Waals surface area contributed by atoms with E-state index in [1.54, 1.807) is 0 Å². The Hall–Kier alpha value is -3.46. The van der Waals surface area contributed by atoms with E-state index in [0.717, 1.165) is 0 Å². The Kier molecular flexibility index (Phi) is 3.44. The van der Waals surface area contributed by atoms with E-state index in [9.17, 15) is 0 Å². The Bertz CT molecular complexity index is 1500. The maximum Gasteiger partial charge on any atom is 0.226 e. The zero-order chi connectivity index (χ0) is 21.6. The molecular weight excluding hydrogens is 387 g/mol. The molecule has 154 valence electrons. The lowest BCUT2D eigenvalue weighted by molar-refractivity contribution is 0.517. The van der Waals surface area contributed by atoms with Crippen LogP contribution in [0.1, 0.15) is 6.92 Å². The van der Waals surface area contributed by atoms with Gasteiger partial charge in [0, 0.05) is 37.0 Å². The molecule has 2 nitrogen and oxygen atoms in total. The second-order valence-electron chi connectivity index (χ2n) is 9.77. The maximum atomic E-state index is 2.51. The molecule has 1 aliphatic carbocycles. The molecular formula is C29H25BN2. The quantitative estimate of drug-likeness (QED) is 0.372. The number of likely N-dealkylation sites (N-methyl/N-ethyl adjacent to an activating group) is 1. The monoisotopic (exact) mass is 412 g/mol. The van der Waals surface area contributed by atoms with Crippen molar-refractivity contribution in [1.82, 2.24) is 0 Å². The van der Waals surface area contributed by atoms with E-state index in [2.05, 4.69) is 122 Å².